The van der Waals surface area contributed by atoms with Crippen molar-refractivity contribution in [3.8, 4) is 5.75 Å². The fourth-order valence-electron chi connectivity index (χ4n) is 2.43. The molecule has 0 unspecified atom stereocenters. The lowest BCUT2D eigenvalue weighted by molar-refractivity contribution is 0.0501. The van der Waals surface area contributed by atoms with Crippen molar-refractivity contribution in [2.24, 2.45) is 0 Å². The highest BCUT2D eigenvalue weighted by Gasteiger charge is 2.21. The summed E-state index contributed by atoms with van der Waals surface area (Å²) in [7, 11) is 0. The first-order valence-corrected chi connectivity index (χ1v) is 8.43. The summed E-state index contributed by atoms with van der Waals surface area (Å²) in [6.45, 7) is 6.39. The van der Waals surface area contributed by atoms with E-state index in [0.29, 0.717) is 18.8 Å². The summed E-state index contributed by atoms with van der Waals surface area (Å²) in [5.41, 5.74) is 0.653. The second kappa shape index (κ2) is 8.53. The van der Waals surface area contributed by atoms with Crippen LogP contribution in [0, 0.1) is 0 Å². The number of para-hydroxylation sites is 2. The largest absolute Gasteiger partial charge is 0.489 e. The Morgan fingerprint density at radius 2 is 1.76 bits per heavy atom. The van der Waals surface area contributed by atoms with Gasteiger partial charge in [0.15, 0.2) is 0 Å². The zero-order chi connectivity index (χ0) is 18.3. The Hall–Kier alpha value is -2.53. The van der Waals surface area contributed by atoms with E-state index < -0.39 is 5.60 Å². The van der Waals surface area contributed by atoms with Crippen LogP contribution in [0.5, 0.6) is 5.75 Å². The van der Waals surface area contributed by atoms with Crippen molar-refractivity contribution < 1.29 is 14.6 Å². The third-order valence-electron chi connectivity index (χ3n) is 3.64. The Morgan fingerprint density at radius 1 is 1.12 bits per heavy atom. The molecule has 0 saturated heterocycles. The number of likely N-dealkylation sites (N-methyl/N-ethyl adjacent to an activating group) is 1. The Bertz CT molecular complexity index is 681. The van der Waals surface area contributed by atoms with E-state index in [9.17, 15) is 9.90 Å². The molecule has 0 heterocycles. The van der Waals surface area contributed by atoms with Gasteiger partial charge >= 0.3 is 6.03 Å². The summed E-state index contributed by atoms with van der Waals surface area (Å²) in [5.74, 6) is 0.779. The predicted octanol–water partition coefficient (Wildman–Crippen LogP) is 3.89. The molecule has 0 atom stereocenters. The van der Waals surface area contributed by atoms with E-state index in [-0.39, 0.29) is 12.6 Å². The van der Waals surface area contributed by atoms with Gasteiger partial charge in [0.2, 0.25) is 0 Å². The summed E-state index contributed by atoms with van der Waals surface area (Å²) in [5, 5.41) is 12.9. The maximum Gasteiger partial charge on any atom is 0.321 e. The zero-order valence-electron chi connectivity index (χ0n) is 15.0. The number of urea groups is 1. The smallest absolute Gasteiger partial charge is 0.321 e. The van der Waals surface area contributed by atoms with Crippen LogP contribution in [0.1, 0.15) is 26.3 Å². The van der Waals surface area contributed by atoms with Gasteiger partial charge in [-0.25, -0.2) is 4.79 Å². The summed E-state index contributed by atoms with van der Waals surface area (Å²) in [6, 6.07) is 16.9. The molecular weight excluding hydrogens is 316 g/mol. The lowest BCUT2D eigenvalue weighted by Gasteiger charge is -2.28. The standard InChI is InChI=1S/C20H26N2O3/c1-4-22(15-20(2,3)24)19(23)21-18-13-9-8-10-16(18)14-25-17-11-6-5-7-12-17/h5-13,24H,4,14-15H2,1-3H3,(H,21,23). The average molecular weight is 342 g/mol. The van der Waals surface area contributed by atoms with Crippen molar-refractivity contribution >= 4 is 11.7 Å². The van der Waals surface area contributed by atoms with Crippen LogP contribution >= 0.6 is 0 Å². The van der Waals surface area contributed by atoms with Gasteiger partial charge in [-0.3, -0.25) is 0 Å². The molecule has 2 amide bonds. The second-order valence-electron chi connectivity index (χ2n) is 6.52. The number of rotatable bonds is 7. The quantitative estimate of drug-likeness (QED) is 0.802. The van der Waals surface area contributed by atoms with Gasteiger partial charge in [0.25, 0.3) is 0 Å². The number of anilines is 1. The first-order chi connectivity index (χ1) is 11.9. The van der Waals surface area contributed by atoms with Crippen LogP contribution in [-0.2, 0) is 6.61 Å². The third-order valence-corrected chi connectivity index (χ3v) is 3.64. The van der Waals surface area contributed by atoms with E-state index in [0.717, 1.165) is 11.3 Å². The molecule has 2 N–H and O–H groups in total. The number of ether oxygens (including phenoxy) is 1. The molecule has 0 aromatic heterocycles. The Morgan fingerprint density at radius 3 is 2.40 bits per heavy atom. The number of hydrogen-bond donors (Lipinski definition) is 2. The molecule has 2 aromatic carbocycles. The molecule has 0 aliphatic carbocycles. The highest BCUT2D eigenvalue weighted by Crippen LogP contribution is 2.19. The number of benzene rings is 2. The summed E-state index contributed by atoms with van der Waals surface area (Å²) in [6.07, 6.45) is 0. The van der Waals surface area contributed by atoms with Crippen LogP contribution in [-0.4, -0.2) is 34.7 Å². The number of hydrogen-bond acceptors (Lipinski definition) is 3. The van der Waals surface area contributed by atoms with Crippen LogP contribution in [0.25, 0.3) is 0 Å². The van der Waals surface area contributed by atoms with E-state index in [4.69, 9.17) is 4.74 Å². The fourth-order valence-corrected chi connectivity index (χ4v) is 2.43. The molecule has 5 heteroatoms. The maximum absolute atomic E-state index is 12.5. The Kier molecular flexibility index (Phi) is 6.42. The molecule has 2 aromatic rings. The first kappa shape index (κ1) is 18.8. The van der Waals surface area contributed by atoms with E-state index in [1.165, 1.54) is 0 Å². The van der Waals surface area contributed by atoms with Crippen molar-refractivity contribution in [3.05, 3.63) is 60.2 Å². The Balaban J connectivity index is 2.05. The van der Waals surface area contributed by atoms with Gasteiger partial charge in [0.05, 0.1) is 12.1 Å². The van der Waals surface area contributed by atoms with Gasteiger partial charge in [-0.1, -0.05) is 36.4 Å². The molecule has 0 radical (unpaired) electrons. The lowest BCUT2D eigenvalue weighted by Crippen LogP contribution is -2.44. The highest BCUT2D eigenvalue weighted by atomic mass is 16.5. The van der Waals surface area contributed by atoms with Crippen molar-refractivity contribution in [1.82, 2.24) is 4.90 Å². The van der Waals surface area contributed by atoms with E-state index in [2.05, 4.69) is 5.32 Å². The summed E-state index contributed by atoms with van der Waals surface area (Å²) < 4.78 is 5.78. The van der Waals surface area contributed by atoms with Crippen molar-refractivity contribution in [2.75, 3.05) is 18.4 Å². The number of amides is 2. The number of nitrogens with one attached hydrogen (secondary N) is 1. The van der Waals surface area contributed by atoms with Gasteiger partial charge in [0.1, 0.15) is 12.4 Å². The highest BCUT2D eigenvalue weighted by molar-refractivity contribution is 5.90. The molecule has 0 saturated carbocycles. The fraction of sp³-hybridized carbons (Fsp3) is 0.350. The van der Waals surface area contributed by atoms with Crippen LogP contribution in [0.4, 0.5) is 10.5 Å². The molecule has 0 aliphatic heterocycles. The van der Waals surface area contributed by atoms with E-state index >= 15 is 0 Å². The zero-order valence-corrected chi connectivity index (χ0v) is 15.0. The topological polar surface area (TPSA) is 61.8 Å². The third kappa shape index (κ3) is 6.12. The van der Waals surface area contributed by atoms with Crippen LogP contribution in [0.2, 0.25) is 0 Å². The SMILES string of the molecule is CCN(CC(C)(C)O)C(=O)Nc1ccccc1COc1ccccc1. The maximum atomic E-state index is 12.5. The van der Waals surface area contributed by atoms with Crippen molar-refractivity contribution in [1.29, 1.82) is 0 Å². The molecule has 0 spiro atoms. The number of carbonyl (C=O) groups excluding carboxylic acids is 1. The molecule has 0 bridgehead atoms. The molecule has 134 valence electrons. The lowest BCUT2D eigenvalue weighted by atomic mass is 10.1. The number of aliphatic hydroxyl groups is 1. The minimum absolute atomic E-state index is 0.239. The van der Waals surface area contributed by atoms with Crippen molar-refractivity contribution in [3.63, 3.8) is 0 Å². The summed E-state index contributed by atoms with van der Waals surface area (Å²) in [4.78, 5) is 14.1. The van der Waals surface area contributed by atoms with Gasteiger partial charge in [0, 0.05) is 17.8 Å². The number of carbonyl (C=O) groups is 1. The monoisotopic (exact) mass is 342 g/mol. The predicted molar refractivity (Wildman–Crippen MR) is 99.8 cm³/mol. The summed E-state index contributed by atoms with van der Waals surface area (Å²) >= 11 is 0. The molecule has 2 rings (SSSR count). The Labute approximate surface area is 149 Å². The second-order valence-corrected chi connectivity index (χ2v) is 6.52. The van der Waals surface area contributed by atoms with Crippen LogP contribution in [0.15, 0.2) is 54.6 Å². The molecule has 0 fully saturated rings. The van der Waals surface area contributed by atoms with Gasteiger partial charge in [-0.05, 0) is 39.0 Å². The normalized spacial score (nSPS) is 11.0. The van der Waals surface area contributed by atoms with Crippen LogP contribution < -0.4 is 10.1 Å². The first-order valence-electron chi connectivity index (χ1n) is 8.43. The van der Waals surface area contributed by atoms with E-state index in [1.807, 2.05) is 61.5 Å². The minimum Gasteiger partial charge on any atom is -0.489 e. The average Bonchev–Trinajstić information content (AvgIpc) is 2.59. The molecule has 5 nitrogen and oxygen atoms in total. The minimum atomic E-state index is -0.941. The van der Waals surface area contributed by atoms with E-state index in [1.54, 1.807) is 18.7 Å². The van der Waals surface area contributed by atoms with Gasteiger partial charge in [-0.2, -0.15) is 0 Å². The van der Waals surface area contributed by atoms with Crippen LogP contribution in [0.3, 0.4) is 0 Å². The molecular formula is C20H26N2O3. The van der Waals surface area contributed by atoms with Gasteiger partial charge in [-0.15, -0.1) is 0 Å². The molecule has 0 aliphatic rings. The number of nitrogens with zero attached hydrogens (tertiary/aromatic N) is 1. The molecule has 25 heavy (non-hydrogen) atoms. The van der Waals surface area contributed by atoms with Gasteiger partial charge < -0.3 is 20.1 Å². The van der Waals surface area contributed by atoms with Crippen molar-refractivity contribution in [2.45, 2.75) is 33.0 Å².